The summed E-state index contributed by atoms with van der Waals surface area (Å²) in [6.07, 6.45) is 3.23. The fourth-order valence-corrected chi connectivity index (χ4v) is 4.33. The molecule has 3 nitrogen and oxygen atoms in total. The molecule has 1 heterocycles. The third-order valence-electron chi connectivity index (χ3n) is 4.81. The first-order valence-electron chi connectivity index (χ1n) is 10.6. The van der Waals surface area contributed by atoms with Gasteiger partial charge in [-0.25, -0.2) is 8.60 Å². The molecule has 162 valence electrons. The average molecular weight is 437 g/mol. The summed E-state index contributed by atoms with van der Waals surface area (Å²) in [5.74, 6) is 0.262. The summed E-state index contributed by atoms with van der Waals surface area (Å²) in [6, 6.07) is 21.9. The highest BCUT2D eigenvalue weighted by Crippen LogP contribution is 2.27. The second-order valence-electron chi connectivity index (χ2n) is 7.51. The van der Waals surface area contributed by atoms with Crippen molar-refractivity contribution >= 4 is 27.6 Å². The van der Waals surface area contributed by atoms with E-state index in [-0.39, 0.29) is 5.82 Å². The van der Waals surface area contributed by atoms with E-state index in [1.165, 1.54) is 28.6 Å². The quantitative estimate of drug-likeness (QED) is 0.343. The maximum absolute atomic E-state index is 13.0. The molecule has 0 aliphatic heterocycles. The van der Waals surface area contributed by atoms with Crippen molar-refractivity contribution in [2.45, 2.75) is 39.0 Å². The molecule has 0 spiro atoms. The van der Waals surface area contributed by atoms with Crippen LogP contribution in [0.15, 0.2) is 83.9 Å². The van der Waals surface area contributed by atoms with Gasteiger partial charge in [0.1, 0.15) is 16.8 Å². The van der Waals surface area contributed by atoms with Gasteiger partial charge in [0.25, 0.3) is 0 Å². The number of rotatable bonds is 6. The summed E-state index contributed by atoms with van der Waals surface area (Å²) in [5.41, 5.74) is 4.14. The van der Waals surface area contributed by atoms with Gasteiger partial charge in [-0.3, -0.25) is 0 Å². The first-order valence-corrected chi connectivity index (χ1v) is 11.8. The lowest BCUT2D eigenvalue weighted by atomic mass is 10.0. The number of halogens is 1. The second kappa shape index (κ2) is 10.4. The van der Waals surface area contributed by atoms with Gasteiger partial charge >= 0.3 is 0 Å². The maximum Gasteiger partial charge on any atom is 0.150 e. The Morgan fingerprint density at radius 3 is 2.23 bits per heavy atom. The van der Waals surface area contributed by atoms with Crippen molar-refractivity contribution in [1.29, 1.82) is 0 Å². The number of nitrogens with zero attached hydrogens (tertiary/aromatic N) is 1. The third kappa shape index (κ3) is 5.42. The van der Waals surface area contributed by atoms with Gasteiger partial charge in [0.15, 0.2) is 0 Å². The Hall–Kier alpha value is -2.92. The number of anilines is 1. The molecule has 0 aliphatic carbocycles. The Morgan fingerprint density at radius 1 is 0.935 bits per heavy atom. The van der Waals surface area contributed by atoms with Crippen molar-refractivity contribution in [2.75, 3.05) is 4.72 Å². The SMILES string of the molecule is CC.CC(C)Cc1cn(-c2ccc(S(=O)Nc3ccc(F)cc3)cc2)c2ccccc12. The molecule has 1 atom stereocenters. The van der Waals surface area contributed by atoms with E-state index in [2.05, 4.69) is 47.5 Å². The lowest BCUT2D eigenvalue weighted by Crippen LogP contribution is -2.05. The molecule has 0 fully saturated rings. The highest BCUT2D eigenvalue weighted by Gasteiger charge is 2.11. The van der Waals surface area contributed by atoms with Gasteiger partial charge < -0.3 is 9.29 Å². The molecular weight excluding hydrogens is 407 g/mol. The lowest BCUT2D eigenvalue weighted by molar-refractivity contribution is 0.628. The number of fused-ring (bicyclic) bond motifs is 1. The van der Waals surface area contributed by atoms with Crippen molar-refractivity contribution in [1.82, 2.24) is 4.57 Å². The monoisotopic (exact) mass is 436 g/mol. The third-order valence-corrected chi connectivity index (χ3v) is 5.93. The van der Waals surface area contributed by atoms with E-state index in [0.29, 0.717) is 16.5 Å². The molecule has 3 aromatic carbocycles. The largest absolute Gasteiger partial charge is 0.316 e. The Kier molecular flexibility index (Phi) is 7.64. The van der Waals surface area contributed by atoms with Gasteiger partial charge in [0, 0.05) is 23.0 Å². The summed E-state index contributed by atoms with van der Waals surface area (Å²) in [7, 11) is -1.42. The molecular formula is C26H29FN2OS. The van der Waals surface area contributed by atoms with Crippen LogP contribution in [0, 0.1) is 11.7 Å². The normalized spacial score (nSPS) is 11.8. The molecule has 0 saturated carbocycles. The molecule has 5 heteroatoms. The highest BCUT2D eigenvalue weighted by atomic mass is 32.2. The summed E-state index contributed by atoms with van der Waals surface area (Å²) in [5, 5.41) is 1.27. The molecule has 4 aromatic rings. The Labute approximate surface area is 186 Å². The van der Waals surface area contributed by atoms with Crippen LogP contribution in [-0.4, -0.2) is 8.78 Å². The molecule has 4 rings (SSSR count). The van der Waals surface area contributed by atoms with E-state index in [9.17, 15) is 8.60 Å². The van der Waals surface area contributed by atoms with Crippen LogP contribution < -0.4 is 4.72 Å². The zero-order valence-electron chi connectivity index (χ0n) is 18.4. The molecule has 31 heavy (non-hydrogen) atoms. The Bertz CT molecular complexity index is 1150. The zero-order chi connectivity index (χ0) is 22.4. The lowest BCUT2D eigenvalue weighted by Gasteiger charge is -2.09. The number of para-hydroxylation sites is 1. The van der Waals surface area contributed by atoms with Gasteiger partial charge in [0.05, 0.1) is 10.4 Å². The minimum absolute atomic E-state index is 0.318. The van der Waals surface area contributed by atoms with Crippen LogP contribution in [0.25, 0.3) is 16.6 Å². The van der Waals surface area contributed by atoms with E-state index in [1.807, 2.05) is 44.2 Å². The van der Waals surface area contributed by atoms with Crippen LogP contribution in [0.5, 0.6) is 0 Å². The predicted octanol–water partition coefficient (Wildman–Crippen LogP) is 7.13. The summed E-state index contributed by atoms with van der Waals surface area (Å²) >= 11 is 0. The fraction of sp³-hybridized carbons (Fsp3) is 0.231. The number of hydrogen-bond acceptors (Lipinski definition) is 1. The standard InChI is InChI=1S/C24H23FN2OS.C2H6/c1-17(2)15-18-16-27(24-6-4-3-5-23(18)24)21-11-13-22(14-12-21)29(28)26-20-9-7-19(25)8-10-20;1-2/h3-14,16-17,26H,15H2,1-2H3;1-2H3. The molecule has 1 N–H and O–H groups in total. The highest BCUT2D eigenvalue weighted by molar-refractivity contribution is 7.86. The van der Waals surface area contributed by atoms with Crippen LogP contribution in [0.1, 0.15) is 33.3 Å². The van der Waals surface area contributed by atoms with Crippen LogP contribution in [0.4, 0.5) is 10.1 Å². The van der Waals surface area contributed by atoms with Crippen molar-refractivity contribution in [3.8, 4) is 5.69 Å². The molecule has 0 amide bonds. The van der Waals surface area contributed by atoms with Crippen molar-refractivity contribution in [3.05, 3.63) is 90.4 Å². The minimum atomic E-state index is -1.42. The maximum atomic E-state index is 13.0. The second-order valence-corrected chi connectivity index (χ2v) is 8.72. The van der Waals surface area contributed by atoms with Crippen LogP contribution in [0.3, 0.4) is 0 Å². The fourth-order valence-electron chi connectivity index (χ4n) is 3.48. The van der Waals surface area contributed by atoms with E-state index in [0.717, 1.165) is 12.1 Å². The Balaban J connectivity index is 0.00000132. The predicted molar refractivity (Wildman–Crippen MR) is 130 cm³/mol. The average Bonchev–Trinajstić information content (AvgIpc) is 3.15. The number of nitrogens with one attached hydrogen (secondary N) is 1. The smallest absolute Gasteiger partial charge is 0.150 e. The van der Waals surface area contributed by atoms with Crippen LogP contribution >= 0.6 is 0 Å². The summed E-state index contributed by atoms with van der Waals surface area (Å²) in [6.45, 7) is 8.45. The molecule has 0 bridgehead atoms. The van der Waals surface area contributed by atoms with Gasteiger partial charge in [-0.1, -0.05) is 45.9 Å². The van der Waals surface area contributed by atoms with E-state index in [4.69, 9.17) is 0 Å². The van der Waals surface area contributed by atoms with E-state index in [1.54, 1.807) is 12.1 Å². The van der Waals surface area contributed by atoms with Crippen molar-refractivity contribution in [3.63, 3.8) is 0 Å². The molecule has 0 radical (unpaired) electrons. The number of benzene rings is 3. The zero-order valence-corrected chi connectivity index (χ0v) is 19.2. The van der Waals surface area contributed by atoms with Crippen molar-refractivity contribution in [2.24, 2.45) is 5.92 Å². The van der Waals surface area contributed by atoms with Gasteiger partial charge in [-0.2, -0.15) is 0 Å². The van der Waals surface area contributed by atoms with Gasteiger partial charge in [-0.15, -0.1) is 0 Å². The molecule has 0 aliphatic rings. The van der Waals surface area contributed by atoms with Gasteiger partial charge in [0.2, 0.25) is 0 Å². The van der Waals surface area contributed by atoms with Crippen molar-refractivity contribution < 1.29 is 8.60 Å². The Morgan fingerprint density at radius 2 is 1.58 bits per heavy atom. The molecule has 1 unspecified atom stereocenters. The van der Waals surface area contributed by atoms with E-state index >= 15 is 0 Å². The van der Waals surface area contributed by atoms with Crippen LogP contribution in [0.2, 0.25) is 0 Å². The minimum Gasteiger partial charge on any atom is -0.316 e. The van der Waals surface area contributed by atoms with E-state index < -0.39 is 11.0 Å². The first kappa shape index (κ1) is 22.8. The topological polar surface area (TPSA) is 34.0 Å². The van der Waals surface area contributed by atoms with Crippen LogP contribution in [-0.2, 0) is 17.4 Å². The first-order chi connectivity index (χ1) is 15.0. The molecule has 0 saturated heterocycles. The number of aromatic nitrogens is 1. The summed E-state index contributed by atoms with van der Waals surface area (Å²) in [4.78, 5) is 0.664. The summed E-state index contributed by atoms with van der Waals surface area (Å²) < 4.78 is 30.7. The van der Waals surface area contributed by atoms with Gasteiger partial charge in [-0.05, 0) is 72.5 Å². The number of hydrogen-bond donors (Lipinski definition) is 1. The molecule has 1 aromatic heterocycles.